The van der Waals surface area contributed by atoms with Crippen LogP contribution in [0.4, 0.5) is 4.39 Å². The summed E-state index contributed by atoms with van der Waals surface area (Å²) in [4.78, 5) is 11.9. The van der Waals surface area contributed by atoms with Gasteiger partial charge in [0.25, 0.3) is 0 Å². The number of carbonyl (C=O) groups excluding carboxylic acids is 1. The van der Waals surface area contributed by atoms with Gasteiger partial charge in [-0.25, -0.2) is 4.39 Å². The highest BCUT2D eigenvalue weighted by molar-refractivity contribution is 5.90. The van der Waals surface area contributed by atoms with Crippen LogP contribution in [0, 0.1) is 23.1 Å². The normalized spacial score (nSPS) is 17.2. The Hall–Kier alpha value is -1.69. The van der Waals surface area contributed by atoms with Gasteiger partial charge in [-0.15, -0.1) is 0 Å². The van der Waals surface area contributed by atoms with Gasteiger partial charge in [-0.05, 0) is 30.5 Å². The quantitative estimate of drug-likeness (QED) is 0.781. The van der Waals surface area contributed by atoms with Crippen LogP contribution in [0.15, 0.2) is 24.3 Å². The molecule has 0 aliphatic heterocycles. The van der Waals surface area contributed by atoms with Crippen molar-refractivity contribution in [2.45, 2.75) is 25.2 Å². The monoisotopic (exact) mass is 217 g/mol. The van der Waals surface area contributed by atoms with E-state index in [4.69, 9.17) is 5.26 Å². The molecule has 1 aromatic carbocycles. The SMILES string of the molecule is N#CC(C(=O)C1CCC1)c1cccc(F)c1. The minimum Gasteiger partial charge on any atom is -0.298 e. The van der Waals surface area contributed by atoms with Gasteiger partial charge in [-0.1, -0.05) is 18.6 Å². The van der Waals surface area contributed by atoms with Gasteiger partial charge in [0.2, 0.25) is 0 Å². The molecule has 1 atom stereocenters. The number of nitrogens with zero attached hydrogens (tertiary/aromatic N) is 1. The zero-order valence-corrected chi connectivity index (χ0v) is 8.82. The number of hydrogen-bond donors (Lipinski definition) is 0. The number of rotatable bonds is 3. The summed E-state index contributed by atoms with van der Waals surface area (Å²) in [5.41, 5.74) is 0.472. The van der Waals surface area contributed by atoms with Crippen molar-refractivity contribution in [2.24, 2.45) is 5.92 Å². The van der Waals surface area contributed by atoms with E-state index in [0.29, 0.717) is 5.56 Å². The summed E-state index contributed by atoms with van der Waals surface area (Å²) in [6, 6.07) is 7.72. The molecule has 1 aromatic rings. The van der Waals surface area contributed by atoms with Gasteiger partial charge in [0.1, 0.15) is 11.7 Å². The summed E-state index contributed by atoms with van der Waals surface area (Å²) in [5.74, 6) is -1.26. The minimum atomic E-state index is -0.805. The van der Waals surface area contributed by atoms with Crippen LogP contribution in [0.2, 0.25) is 0 Å². The molecule has 0 saturated heterocycles. The first kappa shape index (κ1) is 10.8. The highest BCUT2D eigenvalue weighted by atomic mass is 19.1. The van der Waals surface area contributed by atoms with Crippen molar-refractivity contribution in [1.82, 2.24) is 0 Å². The van der Waals surface area contributed by atoms with Crippen LogP contribution in [-0.2, 0) is 4.79 Å². The summed E-state index contributed by atoms with van der Waals surface area (Å²) in [5, 5.41) is 9.02. The average molecular weight is 217 g/mol. The Labute approximate surface area is 93.7 Å². The molecule has 0 N–H and O–H groups in total. The molecule has 1 aliphatic carbocycles. The fourth-order valence-corrected chi connectivity index (χ4v) is 1.92. The van der Waals surface area contributed by atoms with E-state index in [1.165, 1.54) is 18.2 Å². The van der Waals surface area contributed by atoms with Gasteiger partial charge in [-0.2, -0.15) is 5.26 Å². The maximum atomic E-state index is 13.0. The van der Waals surface area contributed by atoms with Gasteiger partial charge in [0, 0.05) is 5.92 Å². The lowest BCUT2D eigenvalue weighted by molar-refractivity contribution is -0.125. The van der Waals surface area contributed by atoms with Crippen molar-refractivity contribution < 1.29 is 9.18 Å². The number of hydrogen-bond acceptors (Lipinski definition) is 2. The van der Waals surface area contributed by atoms with Crippen LogP contribution in [0.5, 0.6) is 0 Å². The average Bonchev–Trinajstić information content (AvgIpc) is 2.16. The first-order chi connectivity index (χ1) is 7.72. The predicted octanol–water partition coefficient (Wildman–Crippen LogP) is 2.80. The lowest BCUT2D eigenvalue weighted by Gasteiger charge is -2.25. The van der Waals surface area contributed by atoms with E-state index in [-0.39, 0.29) is 11.7 Å². The molecule has 0 heterocycles. The number of halogens is 1. The lowest BCUT2D eigenvalue weighted by Crippen LogP contribution is -2.26. The third-order valence-electron chi connectivity index (χ3n) is 3.10. The molecule has 0 aromatic heterocycles. The van der Waals surface area contributed by atoms with Gasteiger partial charge in [-0.3, -0.25) is 4.79 Å². The first-order valence-corrected chi connectivity index (χ1v) is 5.41. The summed E-state index contributed by atoms with van der Waals surface area (Å²) >= 11 is 0. The Morgan fingerprint density at radius 3 is 2.75 bits per heavy atom. The van der Waals surface area contributed by atoms with Gasteiger partial charge < -0.3 is 0 Å². The zero-order valence-electron chi connectivity index (χ0n) is 8.82. The molecule has 1 fully saturated rings. The van der Waals surface area contributed by atoms with Gasteiger partial charge >= 0.3 is 0 Å². The molecule has 2 nitrogen and oxygen atoms in total. The second-order valence-corrected chi connectivity index (χ2v) is 4.15. The minimum absolute atomic E-state index is 0.00733. The third-order valence-corrected chi connectivity index (χ3v) is 3.10. The van der Waals surface area contributed by atoms with E-state index in [0.717, 1.165) is 19.3 Å². The van der Waals surface area contributed by atoms with Crippen molar-refractivity contribution in [3.05, 3.63) is 35.6 Å². The Bertz CT molecular complexity index is 445. The molecular weight excluding hydrogens is 205 g/mol. The number of Topliss-reactive ketones (excluding diaryl/α,β-unsaturated/α-hetero) is 1. The van der Waals surface area contributed by atoms with Gasteiger partial charge in [0.05, 0.1) is 6.07 Å². The van der Waals surface area contributed by atoms with Crippen LogP contribution in [0.1, 0.15) is 30.7 Å². The molecule has 2 rings (SSSR count). The van der Waals surface area contributed by atoms with E-state index < -0.39 is 11.7 Å². The van der Waals surface area contributed by atoms with Crippen molar-refractivity contribution in [2.75, 3.05) is 0 Å². The van der Waals surface area contributed by atoms with Crippen molar-refractivity contribution >= 4 is 5.78 Å². The predicted molar refractivity (Wildman–Crippen MR) is 57.1 cm³/mol. The topological polar surface area (TPSA) is 40.9 Å². The third kappa shape index (κ3) is 1.96. The highest BCUT2D eigenvalue weighted by Gasteiger charge is 2.32. The molecule has 0 radical (unpaired) electrons. The zero-order chi connectivity index (χ0) is 11.5. The molecule has 0 bridgehead atoms. The fraction of sp³-hybridized carbons (Fsp3) is 0.385. The molecular formula is C13H12FNO. The van der Waals surface area contributed by atoms with Crippen LogP contribution in [-0.4, -0.2) is 5.78 Å². The summed E-state index contributed by atoms with van der Waals surface area (Å²) in [6.07, 6.45) is 2.79. The van der Waals surface area contributed by atoms with Crippen LogP contribution < -0.4 is 0 Å². The standard InChI is InChI=1S/C13H12FNO/c14-11-6-2-5-10(7-11)12(8-15)13(16)9-3-1-4-9/h2,5-7,9,12H,1,3-4H2. The number of nitriles is 1. The molecule has 82 valence electrons. The maximum absolute atomic E-state index is 13.0. The van der Waals surface area contributed by atoms with Crippen LogP contribution in [0.3, 0.4) is 0 Å². The Kier molecular flexibility index (Phi) is 3.00. The van der Waals surface area contributed by atoms with Gasteiger partial charge in [0.15, 0.2) is 5.78 Å². The Balaban J connectivity index is 2.22. The molecule has 1 aliphatic rings. The smallest absolute Gasteiger partial charge is 0.157 e. The van der Waals surface area contributed by atoms with Crippen molar-refractivity contribution in [3.63, 3.8) is 0 Å². The largest absolute Gasteiger partial charge is 0.298 e. The second-order valence-electron chi connectivity index (χ2n) is 4.15. The molecule has 0 amide bonds. The first-order valence-electron chi connectivity index (χ1n) is 5.41. The van der Waals surface area contributed by atoms with E-state index in [9.17, 15) is 9.18 Å². The van der Waals surface area contributed by atoms with E-state index >= 15 is 0 Å². The maximum Gasteiger partial charge on any atom is 0.157 e. The summed E-state index contributed by atoms with van der Waals surface area (Å²) in [7, 11) is 0. The molecule has 3 heteroatoms. The van der Waals surface area contributed by atoms with Crippen LogP contribution in [0.25, 0.3) is 0 Å². The lowest BCUT2D eigenvalue weighted by atomic mass is 9.76. The van der Waals surface area contributed by atoms with Crippen molar-refractivity contribution in [3.8, 4) is 6.07 Å². The van der Waals surface area contributed by atoms with Crippen molar-refractivity contribution in [1.29, 1.82) is 5.26 Å². The molecule has 1 unspecified atom stereocenters. The second kappa shape index (κ2) is 4.44. The van der Waals surface area contributed by atoms with Crippen LogP contribution >= 0.6 is 0 Å². The molecule has 1 saturated carbocycles. The fourth-order valence-electron chi connectivity index (χ4n) is 1.92. The Morgan fingerprint density at radius 1 is 1.50 bits per heavy atom. The number of carbonyl (C=O) groups is 1. The molecule has 16 heavy (non-hydrogen) atoms. The number of ketones is 1. The Morgan fingerprint density at radius 2 is 2.25 bits per heavy atom. The van der Waals surface area contributed by atoms with E-state index in [1.54, 1.807) is 6.07 Å². The van der Waals surface area contributed by atoms with E-state index in [1.807, 2.05) is 6.07 Å². The van der Waals surface area contributed by atoms with E-state index in [2.05, 4.69) is 0 Å². The number of benzene rings is 1. The highest BCUT2D eigenvalue weighted by Crippen LogP contribution is 2.32. The molecule has 0 spiro atoms. The summed E-state index contributed by atoms with van der Waals surface area (Å²) < 4.78 is 13.0. The summed E-state index contributed by atoms with van der Waals surface area (Å²) in [6.45, 7) is 0.